The summed E-state index contributed by atoms with van der Waals surface area (Å²) >= 11 is 0. The van der Waals surface area contributed by atoms with Gasteiger partial charge in [-0.3, -0.25) is 4.57 Å². The van der Waals surface area contributed by atoms with Gasteiger partial charge in [0.05, 0.1) is 55.5 Å². The van der Waals surface area contributed by atoms with E-state index in [4.69, 9.17) is 24.9 Å². The van der Waals surface area contributed by atoms with Crippen LogP contribution in [0.1, 0.15) is 0 Å². The van der Waals surface area contributed by atoms with E-state index in [9.17, 15) is 0 Å². The van der Waals surface area contributed by atoms with Crippen LogP contribution in [0.4, 0.5) is 0 Å². The number of hydrogen-bond acceptors (Lipinski definition) is 5. The molecule has 0 aliphatic carbocycles. The Morgan fingerprint density at radius 2 is 0.530 bits per heavy atom. The van der Waals surface area contributed by atoms with Crippen molar-refractivity contribution in [2.75, 3.05) is 0 Å². The van der Waals surface area contributed by atoms with Crippen LogP contribution in [-0.4, -0.2) is 43.2 Å². The first kappa shape index (κ1) is 56.7. The van der Waals surface area contributed by atoms with Crippen molar-refractivity contribution in [2.45, 2.75) is 0 Å². The van der Waals surface area contributed by atoms with E-state index in [-0.39, 0.29) is 0 Å². The third-order valence-electron chi connectivity index (χ3n) is 19.8. The first-order chi connectivity index (χ1) is 49.6. The molecule has 9 heteroatoms. The lowest BCUT2D eigenvalue weighted by atomic mass is 9.99. The van der Waals surface area contributed by atoms with Gasteiger partial charge in [0.1, 0.15) is 0 Å². The lowest BCUT2D eigenvalue weighted by molar-refractivity contribution is 0.953. The van der Waals surface area contributed by atoms with E-state index in [1.165, 1.54) is 32.6 Å². The molecule has 0 aliphatic heterocycles. The van der Waals surface area contributed by atoms with E-state index < -0.39 is 0 Å². The predicted octanol–water partition coefficient (Wildman–Crippen LogP) is 22.7. The van der Waals surface area contributed by atoms with E-state index in [0.29, 0.717) is 23.4 Å². The Balaban J connectivity index is 0.712. The molecule has 14 aromatic carbocycles. The largest absolute Gasteiger partial charge is 0.309 e. The minimum absolute atomic E-state index is 0.549. The monoisotopic (exact) mass is 1280 g/mol. The summed E-state index contributed by atoms with van der Waals surface area (Å²) in [4.78, 5) is 26.2. The van der Waals surface area contributed by atoms with Crippen LogP contribution in [0.3, 0.4) is 0 Å². The van der Waals surface area contributed by atoms with Crippen LogP contribution in [0.25, 0.3) is 189 Å². The lowest BCUT2D eigenvalue weighted by Crippen LogP contribution is -2.06. The fraction of sp³-hybridized carbons (Fsp3) is 0. The van der Waals surface area contributed by atoms with Crippen molar-refractivity contribution in [2.24, 2.45) is 0 Å². The average Bonchev–Trinajstić information content (AvgIpc) is 1.54. The SMILES string of the molecule is c1ccc(-c2cc(-c3ccc(-c4ccc5c(c4)c4ccc6c7ccccc7n(-c7ccccc7)c6c4n5-c4ccc5c(c4)c4ccccc4n5-c4nc(-c5ccccc5)nc(-c5ccccc5)n4)cc3)nc(-c3cccc(-c4ccc(-n5c6ccccc6c6ccccc65)cc4)c3)n2)cc1. The Labute approximate surface area is 574 Å². The molecule has 6 aromatic heterocycles. The van der Waals surface area contributed by atoms with E-state index in [1.54, 1.807) is 0 Å². The Bertz CT molecular complexity index is 6500. The van der Waals surface area contributed by atoms with Gasteiger partial charge in [-0.15, -0.1) is 0 Å². The molecule has 0 atom stereocenters. The van der Waals surface area contributed by atoms with E-state index in [0.717, 1.165) is 133 Å². The minimum Gasteiger partial charge on any atom is -0.309 e. The lowest BCUT2D eigenvalue weighted by Gasteiger charge is -2.13. The van der Waals surface area contributed by atoms with Crippen molar-refractivity contribution in [1.29, 1.82) is 0 Å². The molecule has 0 unspecified atom stereocenters. The van der Waals surface area contributed by atoms with E-state index in [1.807, 2.05) is 42.5 Å². The quantitative estimate of drug-likeness (QED) is 0.129. The van der Waals surface area contributed by atoms with Gasteiger partial charge in [-0.25, -0.2) is 15.0 Å². The Morgan fingerprint density at radius 3 is 1.13 bits per heavy atom. The molecule has 9 nitrogen and oxygen atoms in total. The standard InChI is InChI=1S/C91H57N9/c1-5-22-60(23-6-1)78-57-79(93-90(92-78)66-29-21-28-64(54-66)59-44-47-68(48-45-59)97-80-36-17-13-32-70(80)71-33-14-18-37-81(71)97)61-42-40-58(41-43-61)65-46-52-84-76(55-65)75-51-50-74-72-34-15-19-38-82(72)98(67-30-11-4-12-31-67)86(74)87(75)99(84)69-49-53-85-77(56-69)73-35-16-20-39-83(73)100(85)91-95-88(62-24-7-2-8-25-62)94-89(96-91)63-26-9-3-10-27-63/h1-57H. The van der Waals surface area contributed by atoms with Crippen LogP contribution in [0.5, 0.6) is 0 Å². The summed E-state index contributed by atoms with van der Waals surface area (Å²) in [6.07, 6.45) is 0. The second-order valence-electron chi connectivity index (χ2n) is 25.6. The molecular formula is C91H57N9. The van der Waals surface area contributed by atoms with Crippen molar-refractivity contribution in [3.8, 4) is 102 Å². The third-order valence-corrected chi connectivity index (χ3v) is 19.8. The van der Waals surface area contributed by atoms with Gasteiger partial charge < -0.3 is 13.7 Å². The number of hydrogen-bond donors (Lipinski definition) is 0. The fourth-order valence-corrected chi connectivity index (χ4v) is 15.2. The van der Waals surface area contributed by atoms with Gasteiger partial charge in [-0.05, 0) is 113 Å². The van der Waals surface area contributed by atoms with Crippen LogP contribution in [-0.2, 0) is 0 Å². The van der Waals surface area contributed by atoms with Gasteiger partial charge in [0, 0.05) is 88.0 Å². The molecule has 0 bridgehead atoms. The summed E-state index contributed by atoms with van der Waals surface area (Å²) in [6, 6.07) is 123. The van der Waals surface area contributed by atoms with Gasteiger partial charge in [-0.2, -0.15) is 9.97 Å². The average molecular weight is 1280 g/mol. The second kappa shape index (κ2) is 23.0. The van der Waals surface area contributed by atoms with Crippen LogP contribution in [0.2, 0.25) is 0 Å². The highest BCUT2D eigenvalue weighted by Crippen LogP contribution is 2.45. The van der Waals surface area contributed by atoms with Crippen LogP contribution >= 0.6 is 0 Å². The Kier molecular flexibility index (Phi) is 13.1. The first-order valence-electron chi connectivity index (χ1n) is 33.8. The van der Waals surface area contributed by atoms with Crippen molar-refractivity contribution in [1.82, 2.24) is 43.2 Å². The molecule has 0 spiro atoms. The molecule has 100 heavy (non-hydrogen) atoms. The molecule has 0 N–H and O–H groups in total. The number of aromatic nitrogens is 9. The van der Waals surface area contributed by atoms with Crippen molar-refractivity contribution >= 4 is 87.2 Å². The topological polar surface area (TPSA) is 84.2 Å². The van der Waals surface area contributed by atoms with Crippen molar-refractivity contribution in [3.63, 3.8) is 0 Å². The smallest absolute Gasteiger partial charge is 0.238 e. The molecule has 0 aliphatic rings. The van der Waals surface area contributed by atoms with Crippen LogP contribution < -0.4 is 0 Å². The zero-order chi connectivity index (χ0) is 65.8. The maximum absolute atomic E-state index is 5.37. The second-order valence-corrected chi connectivity index (χ2v) is 25.6. The maximum atomic E-state index is 5.37. The molecule has 0 saturated heterocycles. The number of nitrogens with zero attached hydrogens (tertiary/aromatic N) is 9. The molecule has 6 heterocycles. The highest BCUT2D eigenvalue weighted by Gasteiger charge is 2.25. The molecule has 0 amide bonds. The Hall–Kier alpha value is -13.6. The fourth-order valence-electron chi connectivity index (χ4n) is 15.2. The summed E-state index contributed by atoms with van der Waals surface area (Å²) in [7, 11) is 0. The first-order valence-corrected chi connectivity index (χ1v) is 33.8. The number of rotatable bonds is 11. The number of benzene rings is 14. The highest BCUT2D eigenvalue weighted by molar-refractivity contribution is 6.24. The van der Waals surface area contributed by atoms with Crippen LogP contribution in [0, 0.1) is 0 Å². The zero-order valence-electron chi connectivity index (χ0n) is 53.9. The summed E-state index contributed by atoms with van der Waals surface area (Å²) in [5, 5.41) is 9.34. The van der Waals surface area contributed by atoms with Gasteiger partial charge in [-0.1, -0.05) is 255 Å². The van der Waals surface area contributed by atoms with Gasteiger partial charge in [0.25, 0.3) is 0 Å². The molecular weight excluding hydrogens is 1220 g/mol. The number of para-hydroxylation sites is 5. The van der Waals surface area contributed by atoms with E-state index >= 15 is 0 Å². The highest BCUT2D eigenvalue weighted by atomic mass is 15.2. The van der Waals surface area contributed by atoms with Gasteiger partial charge in [0.15, 0.2) is 17.5 Å². The van der Waals surface area contributed by atoms with E-state index in [2.05, 4.69) is 322 Å². The molecule has 20 aromatic rings. The predicted molar refractivity (Wildman–Crippen MR) is 411 cm³/mol. The third kappa shape index (κ3) is 9.28. The summed E-state index contributed by atoms with van der Waals surface area (Å²) < 4.78 is 9.50. The molecule has 20 rings (SSSR count). The molecule has 0 saturated carbocycles. The van der Waals surface area contributed by atoms with Gasteiger partial charge >= 0.3 is 0 Å². The minimum atomic E-state index is 0.549. The summed E-state index contributed by atoms with van der Waals surface area (Å²) in [6.45, 7) is 0. The Morgan fingerprint density at radius 1 is 0.170 bits per heavy atom. The molecule has 0 fully saturated rings. The normalized spacial score (nSPS) is 11.8. The molecule has 466 valence electrons. The molecule has 0 radical (unpaired) electrons. The van der Waals surface area contributed by atoms with Gasteiger partial charge in [0.2, 0.25) is 5.95 Å². The number of fused-ring (bicyclic) bond motifs is 13. The maximum Gasteiger partial charge on any atom is 0.238 e. The summed E-state index contributed by atoms with van der Waals surface area (Å²) in [5.41, 5.74) is 23.0. The van der Waals surface area contributed by atoms with Crippen molar-refractivity contribution in [3.05, 3.63) is 346 Å². The summed E-state index contributed by atoms with van der Waals surface area (Å²) in [5.74, 6) is 2.43. The van der Waals surface area contributed by atoms with Crippen molar-refractivity contribution < 1.29 is 0 Å². The zero-order valence-corrected chi connectivity index (χ0v) is 53.9. The van der Waals surface area contributed by atoms with Crippen LogP contribution in [0.15, 0.2) is 346 Å².